The number of aromatic nitrogens is 1. The van der Waals surface area contributed by atoms with E-state index in [9.17, 15) is 0 Å². The third-order valence-electron chi connectivity index (χ3n) is 3.38. The van der Waals surface area contributed by atoms with Crippen molar-refractivity contribution >= 4 is 0 Å². The molecule has 0 radical (unpaired) electrons. The van der Waals surface area contributed by atoms with Gasteiger partial charge >= 0.3 is 0 Å². The van der Waals surface area contributed by atoms with Gasteiger partial charge in [-0.15, -0.1) is 0 Å². The number of fused-ring (bicyclic) bond motifs is 1. The van der Waals surface area contributed by atoms with Gasteiger partial charge in [-0.2, -0.15) is 5.26 Å². The Hall–Kier alpha value is -2.38. The molecule has 20 heavy (non-hydrogen) atoms. The molecular weight excluding hydrogens is 250 g/mol. The SMILES string of the molecule is N#Cc1cc(CN2CCOc3ccccc3C2)ccn1. The summed E-state index contributed by atoms with van der Waals surface area (Å²) in [5.74, 6) is 0.974. The van der Waals surface area contributed by atoms with Crippen LogP contribution in [0, 0.1) is 11.3 Å². The molecule has 1 aromatic carbocycles. The van der Waals surface area contributed by atoms with Gasteiger partial charge in [-0.05, 0) is 23.8 Å². The lowest BCUT2D eigenvalue weighted by atomic mass is 10.1. The van der Waals surface area contributed by atoms with E-state index in [1.54, 1.807) is 6.20 Å². The highest BCUT2D eigenvalue weighted by Gasteiger charge is 2.15. The van der Waals surface area contributed by atoms with Crippen LogP contribution >= 0.6 is 0 Å². The molecule has 1 aromatic heterocycles. The average Bonchev–Trinajstić information content (AvgIpc) is 2.69. The van der Waals surface area contributed by atoms with E-state index in [1.165, 1.54) is 5.56 Å². The number of nitrogens with zero attached hydrogens (tertiary/aromatic N) is 3. The largest absolute Gasteiger partial charge is 0.492 e. The highest BCUT2D eigenvalue weighted by molar-refractivity contribution is 5.34. The molecule has 2 heterocycles. The first kappa shape index (κ1) is 12.6. The number of para-hydroxylation sites is 1. The fourth-order valence-electron chi connectivity index (χ4n) is 2.41. The Bertz CT molecular complexity index is 648. The summed E-state index contributed by atoms with van der Waals surface area (Å²) in [5.41, 5.74) is 2.78. The van der Waals surface area contributed by atoms with Crippen molar-refractivity contribution in [2.45, 2.75) is 13.1 Å². The summed E-state index contributed by atoms with van der Waals surface area (Å²) in [6.45, 7) is 3.22. The molecule has 4 nitrogen and oxygen atoms in total. The summed E-state index contributed by atoms with van der Waals surface area (Å²) >= 11 is 0. The standard InChI is InChI=1S/C16H15N3O/c17-10-15-9-13(5-6-18-15)11-19-7-8-20-16-4-2-1-3-14(16)12-19/h1-6,9H,7-8,11-12H2. The Kier molecular flexibility index (Phi) is 3.62. The molecule has 0 spiro atoms. The van der Waals surface area contributed by atoms with Crippen molar-refractivity contribution < 1.29 is 4.74 Å². The Balaban J connectivity index is 1.77. The van der Waals surface area contributed by atoms with Crippen LogP contribution in [0.3, 0.4) is 0 Å². The molecule has 1 aliphatic rings. The van der Waals surface area contributed by atoms with Gasteiger partial charge in [-0.25, -0.2) is 4.98 Å². The lowest BCUT2D eigenvalue weighted by molar-refractivity contribution is 0.219. The maximum atomic E-state index is 8.90. The van der Waals surface area contributed by atoms with Crippen LogP contribution in [-0.4, -0.2) is 23.0 Å². The van der Waals surface area contributed by atoms with Gasteiger partial charge in [0.1, 0.15) is 24.1 Å². The zero-order valence-corrected chi connectivity index (χ0v) is 11.1. The molecule has 4 heteroatoms. The van der Waals surface area contributed by atoms with E-state index >= 15 is 0 Å². The van der Waals surface area contributed by atoms with E-state index in [2.05, 4.69) is 22.0 Å². The molecule has 0 saturated heterocycles. The van der Waals surface area contributed by atoms with Crippen molar-refractivity contribution in [2.75, 3.05) is 13.2 Å². The van der Waals surface area contributed by atoms with Crippen molar-refractivity contribution in [3.8, 4) is 11.8 Å². The zero-order valence-electron chi connectivity index (χ0n) is 11.1. The quantitative estimate of drug-likeness (QED) is 0.836. The molecule has 0 saturated carbocycles. The molecule has 0 bridgehead atoms. The highest BCUT2D eigenvalue weighted by Crippen LogP contribution is 2.23. The van der Waals surface area contributed by atoms with Crippen molar-refractivity contribution in [1.82, 2.24) is 9.88 Å². The number of hydrogen-bond donors (Lipinski definition) is 0. The molecule has 0 amide bonds. The van der Waals surface area contributed by atoms with Gasteiger partial charge in [0.05, 0.1) is 0 Å². The van der Waals surface area contributed by atoms with Gasteiger partial charge < -0.3 is 4.74 Å². The van der Waals surface area contributed by atoms with E-state index in [1.807, 2.05) is 30.3 Å². The van der Waals surface area contributed by atoms with Crippen molar-refractivity contribution in [1.29, 1.82) is 5.26 Å². The minimum Gasteiger partial charge on any atom is -0.492 e. The number of rotatable bonds is 2. The monoisotopic (exact) mass is 265 g/mol. The Labute approximate surface area is 118 Å². The fraction of sp³-hybridized carbons (Fsp3) is 0.250. The van der Waals surface area contributed by atoms with Crippen LogP contribution in [-0.2, 0) is 13.1 Å². The van der Waals surface area contributed by atoms with E-state index in [-0.39, 0.29) is 0 Å². The van der Waals surface area contributed by atoms with Crippen LogP contribution in [0.25, 0.3) is 0 Å². The Morgan fingerprint density at radius 3 is 3.10 bits per heavy atom. The van der Waals surface area contributed by atoms with Crippen molar-refractivity contribution in [2.24, 2.45) is 0 Å². The fourth-order valence-corrected chi connectivity index (χ4v) is 2.41. The van der Waals surface area contributed by atoms with Crippen LogP contribution in [0.4, 0.5) is 0 Å². The maximum absolute atomic E-state index is 8.90. The maximum Gasteiger partial charge on any atom is 0.140 e. The van der Waals surface area contributed by atoms with Crippen LogP contribution in [0.15, 0.2) is 42.6 Å². The van der Waals surface area contributed by atoms with Crippen molar-refractivity contribution in [3.63, 3.8) is 0 Å². The number of nitriles is 1. The van der Waals surface area contributed by atoms with E-state index in [0.717, 1.165) is 30.9 Å². The molecule has 100 valence electrons. The van der Waals surface area contributed by atoms with E-state index in [0.29, 0.717) is 12.3 Å². The van der Waals surface area contributed by atoms with Gasteiger partial charge in [0.25, 0.3) is 0 Å². The number of hydrogen-bond acceptors (Lipinski definition) is 4. The average molecular weight is 265 g/mol. The lowest BCUT2D eigenvalue weighted by Gasteiger charge is -2.19. The normalized spacial score (nSPS) is 14.8. The number of pyridine rings is 1. The molecule has 1 aliphatic heterocycles. The third kappa shape index (κ3) is 2.79. The minimum absolute atomic E-state index is 0.467. The molecular formula is C16H15N3O. The molecule has 0 aliphatic carbocycles. The molecule has 0 N–H and O–H groups in total. The summed E-state index contributed by atoms with van der Waals surface area (Å²) in [6.07, 6.45) is 1.69. The summed E-state index contributed by atoms with van der Waals surface area (Å²) in [5, 5.41) is 8.90. The van der Waals surface area contributed by atoms with Gasteiger partial charge in [-0.1, -0.05) is 18.2 Å². The Morgan fingerprint density at radius 1 is 1.30 bits per heavy atom. The van der Waals surface area contributed by atoms with Crippen LogP contribution < -0.4 is 4.74 Å². The van der Waals surface area contributed by atoms with Gasteiger partial charge in [0.2, 0.25) is 0 Å². The first-order valence-corrected chi connectivity index (χ1v) is 6.63. The molecule has 0 unspecified atom stereocenters. The summed E-state index contributed by atoms with van der Waals surface area (Å²) < 4.78 is 5.75. The number of ether oxygens (including phenoxy) is 1. The molecule has 2 aromatic rings. The van der Waals surface area contributed by atoms with Gasteiger partial charge in [0, 0.05) is 31.4 Å². The van der Waals surface area contributed by atoms with Crippen LogP contribution in [0.2, 0.25) is 0 Å². The summed E-state index contributed by atoms with van der Waals surface area (Å²) in [7, 11) is 0. The van der Waals surface area contributed by atoms with E-state index < -0.39 is 0 Å². The highest BCUT2D eigenvalue weighted by atomic mass is 16.5. The predicted octanol–water partition coefficient (Wildman–Crippen LogP) is 2.35. The smallest absolute Gasteiger partial charge is 0.140 e. The lowest BCUT2D eigenvalue weighted by Crippen LogP contribution is -2.25. The number of benzene rings is 1. The minimum atomic E-state index is 0.467. The topological polar surface area (TPSA) is 49.2 Å². The second kappa shape index (κ2) is 5.72. The second-order valence-corrected chi connectivity index (χ2v) is 4.83. The third-order valence-corrected chi connectivity index (χ3v) is 3.38. The molecule has 0 atom stereocenters. The summed E-state index contributed by atoms with van der Waals surface area (Å²) in [6, 6.07) is 14.0. The van der Waals surface area contributed by atoms with Crippen LogP contribution in [0.1, 0.15) is 16.8 Å². The predicted molar refractivity (Wildman–Crippen MR) is 75.0 cm³/mol. The second-order valence-electron chi connectivity index (χ2n) is 4.83. The van der Waals surface area contributed by atoms with Gasteiger partial charge in [0.15, 0.2) is 0 Å². The Morgan fingerprint density at radius 2 is 2.20 bits per heavy atom. The first-order valence-electron chi connectivity index (χ1n) is 6.63. The summed E-state index contributed by atoms with van der Waals surface area (Å²) in [4.78, 5) is 6.32. The van der Waals surface area contributed by atoms with E-state index in [4.69, 9.17) is 10.00 Å². The van der Waals surface area contributed by atoms with Gasteiger partial charge in [-0.3, -0.25) is 4.90 Å². The van der Waals surface area contributed by atoms with Crippen LogP contribution in [0.5, 0.6) is 5.75 Å². The molecule has 3 rings (SSSR count). The first-order chi connectivity index (χ1) is 9.85. The van der Waals surface area contributed by atoms with Crippen molar-refractivity contribution in [3.05, 3.63) is 59.4 Å². The zero-order chi connectivity index (χ0) is 13.8. The molecule has 0 fully saturated rings.